The quantitative estimate of drug-likeness (QED) is 0.716. The molecule has 4 rings (SSSR count). The first-order valence-electron chi connectivity index (χ1n) is 7.69. The molecule has 1 aliphatic heterocycles. The molecule has 4 nitrogen and oxygen atoms in total. The average Bonchev–Trinajstić information content (AvgIpc) is 2.93. The minimum atomic E-state index is -0.307. The number of hydrogen-bond donors (Lipinski definition) is 0. The van der Waals surface area contributed by atoms with Crippen LogP contribution >= 0.6 is 0 Å². The predicted octanol–water partition coefficient (Wildman–Crippen LogP) is 2.84. The number of aromatic nitrogens is 2. The monoisotopic (exact) mass is 320 g/mol. The van der Waals surface area contributed by atoms with Crippen LogP contribution in [0.1, 0.15) is 24.2 Å². The van der Waals surface area contributed by atoms with Gasteiger partial charge in [-0.15, -0.1) is 0 Å². The maximum atomic E-state index is 13.1. The number of aromatic amines is 1. The van der Waals surface area contributed by atoms with Crippen LogP contribution < -0.4 is 10.5 Å². The zero-order chi connectivity index (χ0) is 16.7. The van der Waals surface area contributed by atoms with Crippen LogP contribution in [0.25, 0.3) is 11.3 Å². The van der Waals surface area contributed by atoms with E-state index in [1.807, 2.05) is 37.3 Å². The number of nitrogens with zero attached hydrogens (tertiary/aromatic N) is 2. The van der Waals surface area contributed by atoms with Crippen LogP contribution in [-0.2, 0) is 0 Å². The second-order valence-corrected chi connectivity index (χ2v) is 5.81. The normalized spacial score (nSPS) is 15.9. The van der Waals surface area contributed by atoms with Gasteiger partial charge in [-0.05, 0) is 36.8 Å². The number of halogens is 1. The Kier molecular flexibility index (Phi) is 3.34. The van der Waals surface area contributed by atoms with E-state index in [0.29, 0.717) is 11.5 Å². The highest BCUT2D eigenvalue weighted by molar-refractivity contribution is 5.92. The lowest BCUT2D eigenvalue weighted by Gasteiger charge is -2.07. The molecule has 24 heavy (non-hydrogen) atoms. The predicted molar refractivity (Wildman–Crippen MR) is 89.4 cm³/mol. The smallest absolute Gasteiger partial charge is 0.241 e. The van der Waals surface area contributed by atoms with E-state index in [2.05, 4.69) is 10.1 Å². The molecule has 1 aromatic heterocycles. The molecule has 1 N–H and O–H groups in total. The summed E-state index contributed by atoms with van der Waals surface area (Å²) in [5, 5.41) is 4.39. The van der Waals surface area contributed by atoms with E-state index >= 15 is 0 Å². The van der Waals surface area contributed by atoms with Gasteiger partial charge in [-0.3, -0.25) is 0 Å². The number of rotatable bonds is 2. The first kappa shape index (κ1) is 14.5. The van der Waals surface area contributed by atoms with Crippen LogP contribution in [0.2, 0.25) is 0 Å². The van der Waals surface area contributed by atoms with Gasteiger partial charge in [-0.25, -0.2) is 14.2 Å². The fraction of sp³-hybridized carbons (Fsp3) is 0.105. The van der Waals surface area contributed by atoms with Crippen molar-refractivity contribution in [3.63, 3.8) is 0 Å². The minimum Gasteiger partial charge on any atom is -0.241 e. The molecular formula is C19H15FN3O+. The van der Waals surface area contributed by atoms with Gasteiger partial charge in [0, 0.05) is 5.56 Å². The third-order valence-electron chi connectivity index (χ3n) is 4.20. The van der Waals surface area contributed by atoms with E-state index in [0.717, 1.165) is 16.8 Å². The highest BCUT2D eigenvalue weighted by atomic mass is 19.1. The third-order valence-corrected chi connectivity index (χ3v) is 4.20. The molecule has 0 saturated heterocycles. The molecule has 2 aromatic carbocycles. The second kappa shape index (κ2) is 5.53. The molecule has 5 heteroatoms. The summed E-state index contributed by atoms with van der Waals surface area (Å²) in [5.41, 5.74) is 3.12. The Morgan fingerprint density at radius 1 is 1.08 bits per heavy atom. The van der Waals surface area contributed by atoms with Crippen molar-refractivity contribution in [2.24, 2.45) is 5.10 Å². The van der Waals surface area contributed by atoms with E-state index in [-0.39, 0.29) is 17.3 Å². The van der Waals surface area contributed by atoms with Gasteiger partial charge >= 0.3 is 5.56 Å². The van der Waals surface area contributed by atoms with Crippen molar-refractivity contribution in [2.75, 3.05) is 0 Å². The highest BCUT2D eigenvalue weighted by Crippen LogP contribution is 2.27. The van der Waals surface area contributed by atoms with Crippen molar-refractivity contribution in [2.45, 2.75) is 12.8 Å². The Labute approximate surface area is 137 Å². The highest BCUT2D eigenvalue weighted by Gasteiger charge is 2.35. The molecule has 1 unspecified atom stereocenters. The Morgan fingerprint density at radius 3 is 2.50 bits per heavy atom. The summed E-state index contributed by atoms with van der Waals surface area (Å²) in [7, 11) is 0. The molecule has 1 aliphatic rings. The molecule has 1 atom stereocenters. The van der Waals surface area contributed by atoms with Crippen LogP contribution in [-0.4, -0.2) is 10.4 Å². The van der Waals surface area contributed by atoms with Gasteiger partial charge in [0.15, 0.2) is 0 Å². The molecule has 0 aliphatic carbocycles. The number of nitrogens with one attached hydrogen (secondary N) is 1. The number of hydrogen-bond acceptors (Lipinski definition) is 2. The summed E-state index contributed by atoms with van der Waals surface area (Å²) in [6, 6.07) is 17.5. The topological polar surface area (TPSA) is 48.5 Å². The summed E-state index contributed by atoms with van der Waals surface area (Å²) in [6.07, 6.45) is 0. The van der Waals surface area contributed by atoms with Gasteiger partial charge in [0.25, 0.3) is 5.82 Å². The SMILES string of the molecule is CC1=Nn2c([nH+]c(-c3ccc(F)cc3)cc2=O)C1c1ccccc1. The van der Waals surface area contributed by atoms with Crippen LogP contribution in [0.5, 0.6) is 0 Å². The zero-order valence-electron chi connectivity index (χ0n) is 13.0. The number of fused-ring (bicyclic) bond motifs is 1. The summed E-state index contributed by atoms with van der Waals surface area (Å²) < 4.78 is 14.5. The molecule has 0 bridgehead atoms. The Morgan fingerprint density at radius 2 is 1.79 bits per heavy atom. The average molecular weight is 320 g/mol. The number of H-pyrrole nitrogens is 1. The molecule has 0 fully saturated rings. The summed E-state index contributed by atoms with van der Waals surface area (Å²) in [6.45, 7) is 1.91. The lowest BCUT2D eigenvalue weighted by molar-refractivity contribution is -0.385. The molecule has 0 radical (unpaired) electrons. The largest absolute Gasteiger partial charge is 0.363 e. The lowest BCUT2D eigenvalue weighted by Crippen LogP contribution is -2.30. The summed E-state index contributed by atoms with van der Waals surface area (Å²) >= 11 is 0. The molecule has 0 spiro atoms. The molecule has 2 heterocycles. The second-order valence-electron chi connectivity index (χ2n) is 5.81. The van der Waals surface area contributed by atoms with E-state index in [4.69, 9.17) is 0 Å². The maximum Gasteiger partial charge on any atom is 0.363 e. The van der Waals surface area contributed by atoms with Gasteiger partial charge in [0.05, 0.1) is 11.8 Å². The van der Waals surface area contributed by atoms with Crippen molar-refractivity contribution in [3.05, 3.63) is 88.2 Å². The fourth-order valence-corrected chi connectivity index (χ4v) is 3.07. The van der Waals surface area contributed by atoms with Crippen molar-refractivity contribution in [1.82, 2.24) is 4.68 Å². The minimum absolute atomic E-state index is 0.0979. The van der Waals surface area contributed by atoms with Crippen LogP contribution in [0, 0.1) is 5.82 Å². The van der Waals surface area contributed by atoms with E-state index in [9.17, 15) is 9.18 Å². The molecule has 0 amide bonds. The number of benzene rings is 2. The van der Waals surface area contributed by atoms with E-state index in [1.165, 1.54) is 22.9 Å². The van der Waals surface area contributed by atoms with Crippen molar-refractivity contribution < 1.29 is 9.37 Å². The third kappa shape index (κ3) is 2.34. The van der Waals surface area contributed by atoms with Gasteiger partial charge < -0.3 is 0 Å². The van der Waals surface area contributed by atoms with Crippen LogP contribution in [0.15, 0.2) is 70.6 Å². The standard InChI is InChI=1S/C19H14FN3O/c1-12-18(14-5-3-2-4-6-14)19-21-16(11-17(24)23(19)22-12)13-7-9-15(20)10-8-13/h2-11,18H,1H3/p+1. The van der Waals surface area contributed by atoms with Crippen LogP contribution in [0.3, 0.4) is 0 Å². The van der Waals surface area contributed by atoms with Gasteiger partial charge in [0.1, 0.15) is 17.4 Å². The van der Waals surface area contributed by atoms with Gasteiger partial charge in [-0.2, -0.15) is 0 Å². The lowest BCUT2D eigenvalue weighted by atomic mass is 9.94. The van der Waals surface area contributed by atoms with E-state index < -0.39 is 0 Å². The van der Waals surface area contributed by atoms with Gasteiger partial charge in [-0.1, -0.05) is 40.1 Å². The van der Waals surface area contributed by atoms with Crippen molar-refractivity contribution >= 4 is 5.71 Å². The summed E-state index contributed by atoms with van der Waals surface area (Å²) in [4.78, 5) is 15.8. The molecule has 0 saturated carbocycles. The van der Waals surface area contributed by atoms with Crippen molar-refractivity contribution in [3.8, 4) is 11.3 Å². The Balaban J connectivity index is 1.88. The first-order valence-corrected chi connectivity index (χ1v) is 7.69. The van der Waals surface area contributed by atoms with Crippen molar-refractivity contribution in [1.29, 1.82) is 0 Å². The van der Waals surface area contributed by atoms with E-state index in [1.54, 1.807) is 12.1 Å². The van der Waals surface area contributed by atoms with Gasteiger partial charge in [0.2, 0.25) is 0 Å². The fourth-order valence-electron chi connectivity index (χ4n) is 3.07. The molecule has 118 valence electrons. The summed E-state index contributed by atoms with van der Waals surface area (Å²) in [5.74, 6) is 0.308. The zero-order valence-corrected chi connectivity index (χ0v) is 13.0. The first-order chi connectivity index (χ1) is 11.6. The maximum absolute atomic E-state index is 13.1. The Hall–Kier alpha value is -3.08. The van der Waals surface area contributed by atoms with Crippen LogP contribution in [0.4, 0.5) is 4.39 Å². The Bertz CT molecular complexity index is 991. The molecular weight excluding hydrogens is 305 g/mol. The molecule has 3 aromatic rings.